The Bertz CT molecular complexity index is 1110. The van der Waals surface area contributed by atoms with Gasteiger partial charge in [-0.15, -0.1) is 11.3 Å². The smallest absolute Gasteiger partial charge is 0.143 e. The van der Waals surface area contributed by atoms with Gasteiger partial charge in [-0.25, -0.2) is 14.4 Å². The zero-order chi connectivity index (χ0) is 19.5. The van der Waals surface area contributed by atoms with Crippen LogP contribution in [-0.2, 0) is 0 Å². The summed E-state index contributed by atoms with van der Waals surface area (Å²) in [5, 5.41) is 4.35. The Morgan fingerprint density at radius 2 is 1.86 bits per heavy atom. The summed E-state index contributed by atoms with van der Waals surface area (Å²) in [6, 6.07) is 14.3. The van der Waals surface area contributed by atoms with Crippen molar-refractivity contribution < 1.29 is 9.13 Å². The summed E-state index contributed by atoms with van der Waals surface area (Å²) in [5.41, 5.74) is 2.82. The second-order valence-corrected chi connectivity index (χ2v) is 7.62. The van der Waals surface area contributed by atoms with Crippen molar-refractivity contribution in [2.24, 2.45) is 0 Å². The summed E-state index contributed by atoms with van der Waals surface area (Å²) >= 11 is 1.60. The van der Waals surface area contributed by atoms with Crippen molar-refractivity contribution in [3.8, 4) is 16.9 Å². The van der Waals surface area contributed by atoms with E-state index < -0.39 is 0 Å². The van der Waals surface area contributed by atoms with Crippen LogP contribution < -0.4 is 10.1 Å². The molecule has 2 aromatic carbocycles. The quantitative estimate of drug-likeness (QED) is 0.415. The molecule has 0 atom stereocenters. The molecule has 28 heavy (non-hydrogen) atoms. The molecule has 4 aromatic rings. The van der Waals surface area contributed by atoms with E-state index in [0.29, 0.717) is 12.4 Å². The van der Waals surface area contributed by atoms with Crippen LogP contribution in [0.3, 0.4) is 0 Å². The maximum Gasteiger partial charge on any atom is 0.143 e. The second kappa shape index (κ2) is 7.94. The summed E-state index contributed by atoms with van der Waals surface area (Å²) in [5.74, 6) is 1.24. The molecule has 2 aromatic heterocycles. The molecule has 0 bridgehead atoms. The highest BCUT2D eigenvalue weighted by Gasteiger charge is 2.17. The van der Waals surface area contributed by atoms with Crippen LogP contribution in [0.1, 0.15) is 18.2 Å². The van der Waals surface area contributed by atoms with Crippen LogP contribution in [0.2, 0.25) is 0 Å². The zero-order valence-corrected chi connectivity index (χ0v) is 16.5. The number of nitrogens with one attached hydrogen (secondary N) is 1. The molecular weight excluding hydrogens is 373 g/mol. The second-order valence-electron chi connectivity index (χ2n) is 6.41. The van der Waals surface area contributed by atoms with Crippen LogP contribution in [-0.4, -0.2) is 16.6 Å². The molecule has 0 saturated carbocycles. The number of halogens is 1. The first-order valence-electron chi connectivity index (χ1n) is 9.16. The Morgan fingerprint density at radius 1 is 1.07 bits per heavy atom. The van der Waals surface area contributed by atoms with Gasteiger partial charge in [-0.3, -0.25) is 0 Å². The Hall–Kier alpha value is -2.99. The summed E-state index contributed by atoms with van der Waals surface area (Å²) in [4.78, 5) is 10.9. The van der Waals surface area contributed by atoms with Crippen LogP contribution in [0.4, 0.5) is 15.9 Å². The third-order valence-corrected chi connectivity index (χ3v) is 5.41. The summed E-state index contributed by atoms with van der Waals surface area (Å²) < 4.78 is 19.3. The highest BCUT2D eigenvalue weighted by atomic mass is 32.1. The van der Waals surface area contributed by atoms with Crippen molar-refractivity contribution in [3.63, 3.8) is 0 Å². The molecule has 0 radical (unpaired) electrons. The number of nitrogens with zero attached hydrogens (tertiary/aromatic N) is 2. The van der Waals surface area contributed by atoms with Crippen LogP contribution >= 0.6 is 11.3 Å². The van der Waals surface area contributed by atoms with Crippen LogP contribution in [0.25, 0.3) is 21.3 Å². The third-order valence-electron chi connectivity index (χ3n) is 4.40. The SMILES string of the molecule is CCCOc1ccccc1Nc1ncnc2sc(C)c(-c3ccc(F)cc3)c12. The monoisotopic (exact) mass is 393 g/mol. The van der Waals surface area contributed by atoms with Crippen molar-refractivity contribution >= 4 is 33.1 Å². The normalized spacial score (nSPS) is 11.0. The number of aromatic nitrogens is 2. The molecule has 0 saturated heterocycles. The number of anilines is 2. The number of para-hydroxylation sites is 2. The van der Waals surface area contributed by atoms with Gasteiger partial charge >= 0.3 is 0 Å². The first kappa shape index (κ1) is 18.4. The average Bonchev–Trinajstić information content (AvgIpc) is 3.05. The lowest BCUT2D eigenvalue weighted by Gasteiger charge is -2.13. The fourth-order valence-corrected chi connectivity index (χ4v) is 4.15. The molecular formula is C22H20FN3OS. The van der Waals surface area contributed by atoms with Gasteiger partial charge in [-0.05, 0) is 43.2 Å². The summed E-state index contributed by atoms with van der Waals surface area (Å²) in [6.07, 6.45) is 2.50. The molecule has 0 aliphatic heterocycles. The van der Waals surface area contributed by atoms with E-state index in [9.17, 15) is 4.39 Å². The molecule has 0 aliphatic carbocycles. The number of ether oxygens (including phenoxy) is 1. The number of rotatable bonds is 6. The van der Waals surface area contributed by atoms with Crippen LogP contribution in [0.5, 0.6) is 5.75 Å². The minimum Gasteiger partial charge on any atom is -0.491 e. The Balaban J connectivity index is 1.82. The van der Waals surface area contributed by atoms with Gasteiger partial charge in [0.05, 0.1) is 17.7 Å². The number of thiophene rings is 1. The number of aryl methyl sites for hydroxylation is 1. The maximum atomic E-state index is 13.4. The van der Waals surface area contributed by atoms with Gasteiger partial charge in [0.2, 0.25) is 0 Å². The minimum absolute atomic E-state index is 0.252. The third kappa shape index (κ3) is 3.55. The van der Waals surface area contributed by atoms with Gasteiger partial charge in [0.1, 0.15) is 28.5 Å². The number of benzene rings is 2. The molecule has 2 heterocycles. The predicted octanol–water partition coefficient (Wildman–Crippen LogP) is 6.34. The molecule has 0 fully saturated rings. The van der Waals surface area contributed by atoms with Crippen LogP contribution in [0, 0.1) is 12.7 Å². The van der Waals surface area contributed by atoms with E-state index >= 15 is 0 Å². The van der Waals surface area contributed by atoms with Gasteiger partial charge in [0.25, 0.3) is 0 Å². The molecule has 4 nitrogen and oxygen atoms in total. The molecule has 0 aliphatic rings. The molecule has 4 rings (SSSR count). The van der Waals surface area contributed by atoms with E-state index in [2.05, 4.69) is 22.2 Å². The van der Waals surface area contributed by atoms with E-state index in [4.69, 9.17) is 4.74 Å². The zero-order valence-electron chi connectivity index (χ0n) is 15.7. The van der Waals surface area contributed by atoms with E-state index in [1.54, 1.807) is 29.8 Å². The van der Waals surface area contributed by atoms with E-state index in [0.717, 1.165) is 44.1 Å². The van der Waals surface area contributed by atoms with Crippen molar-refractivity contribution in [1.29, 1.82) is 0 Å². The lowest BCUT2D eigenvalue weighted by Crippen LogP contribution is -2.01. The van der Waals surface area contributed by atoms with Gasteiger partial charge in [-0.2, -0.15) is 0 Å². The molecule has 0 amide bonds. The fourth-order valence-electron chi connectivity index (χ4n) is 3.14. The Labute approximate surface area is 167 Å². The first-order chi connectivity index (χ1) is 13.7. The van der Waals surface area contributed by atoms with Crippen LogP contribution in [0.15, 0.2) is 54.9 Å². The summed E-state index contributed by atoms with van der Waals surface area (Å²) in [6.45, 7) is 4.77. The average molecular weight is 393 g/mol. The van der Waals surface area contributed by atoms with Crippen molar-refractivity contribution in [2.75, 3.05) is 11.9 Å². The molecule has 6 heteroatoms. The molecule has 0 unspecified atom stereocenters. The highest BCUT2D eigenvalue weighted by molar-refractivity contribution is 7.19. The minimum atomic E-state index is -0.252. The van der Waals surface area contributed by atoms with Gasteiger partial charge < -0.3 is 10.1 Å². The topological polar surface area (TPSA) is 47.0 Å². The molecule has 142 valence electrons. The molecule has 0 spiro atoms. The van der Waals surface area contributed by atoms with Crippen molar-refractivity contribution in [1.82, 2.24) is 9.97 Å². The van der Waals surface area contributed by atoms with Gasteiger partial charge in [-0.1, -0.05) is 31.2 Å². The van der Waals surface area contributed by atoms with Crippen molar-refractivity contribution in [3.05, 3.63) is 65.6 Å². The van der Waals surface area contributed by atoms with E-state index in [-0.39, 0.29) is 5.82 Å². The van der Waals surface area contributed by atoms with Gasteiger partial charge in [0.15, 0.2) is 0 Å². The van der Waals surface area contributed by atoms with Gasteiger partial charge in [0, 0.05) is 10.4 Å². The predicted molar refractivity (Wildman–Crippen MR) is 113 cm³/mol. The lowest BCUT2D eigenvalue weighted by molar-refractivity contribution is 0.319. The van der Waals surface area contributed by atoms with E-state index in [1.807, 2.05) is 31.2 Å². The molecule has 1 N–H and O–H groups in total. The standard InChI is InChI=1S/C22H20FN3OS/c1-3-12-27-18-7-5-4-6-17(18)26-21-20-19(15-8-10-16(23)11-9-15)14(2)28-22(20)25-13-24-21/h4-11,13H,3,12H2,1-2H3,(H,24,25,26). The van der Waals surface area contributed by atoms with Crippen molar-refractivity contribution in [2.45, 2.75) is 20.3 Å². The largest absolute Gasteiger partial charge is 0.491 e. The fraction of sp³-hybridized carbons (Fsp3) is 0.182. The number of hydrogen-bond acceptors (Lipinski definition) is 5. The number of fused-ring (bicyclic) bond motifs is 1. The maximum absolute atomic E-state index is 13.4. The number of hydrogen-bond donors (Lipinski definition) is 1. The lowest BCUT2D eigenvalue weighted by atomic mass is 10.0. The summed E-state index contributed by atoms with van der Waals surface area (Å²) in [7, 11) is 0. The highest BCUT2D eigenvalue weighted by Crippen LogP contribution is 2.41. The Kier molecular flexibility index (Phi) is 5.21. The Morgan fingerprint density at radius 3 is 2.64 bits per heavy atom. The first-order valence-corrected chi connectivity index (χ1v) is 9.98. The van der Waals surface area contributed by atoms with E-state index in [1.165, 1.54) is 12.1 Å².